The lowest BCUT2D eigenvalue weighted by atomic mass is 9.98. The van der Waals surface area contributed by atoms with Crippen molar-refractivity contribution in [3.05, 3.63) is 35.9 Å². The lowest BCUT2D eigenvalue weighted by Gasteiger charge is -2.40. The monoisotopic (exact) mass is 283 g/mol. The molecular weight excluding hydrogens is 266 g/mol. The van der Waals surface area contributed by atoms with Gasteiger partial charge < -0.3 is 30.5 Å². The number of rotatable bonds is 3. The van der Waals surface area contributed by atoms with Crippen LogP contribution in [0.25, 0.3) is 0 Å². The summed E-state index contributed by atoms with van der Waals surface area (Å²) in [6, 6.07) is 8.29. The zero-order valence-corrected chi connectivity index (χ0v) is 10.6. The minimum absolute atomic E-state index is 0.365. The van der Waals surface area contributed by atoms with Crippen LogP contribution in [-0.4, -0.2) is 63.6 Å². The smallest absolute Gasteiger partial charge is 0.253 e. The van der Waals surface area contributed by atoms with E-state index in [1.54, 1.807) is 30.3 Å². The summed E-state index contributed by atoms with van der Waals surface area (Å²) in [7, 11) is 0. The third-order valence-electron chi connectivity index (χ3n) is 3.20. The Balaban J connectivity index is 2.06. The van der Waals surface area contributed by atoms with Crippen molar-refractivity contribution in [2.24, 2.45) is 0 Å². The van der Waals surface area contributed by atoms with Gasteiger partial charge in [-0.2, -0.15) is 0 Å². The van der Waals surface area contributed by atoms with Gasteiger partial charge in [-0.1, -0.05) is 18.2 Å². The van der Waals surface area contributed by atoms with Crippen LogP contribution in [0.5, 0.6) is 0 Å². The average Bonchev–Trinajstić information content (AvgIpc) is 2.48. The van der Waals surface area contributed by atoms with Gasteiger partial charge in [0.05, 0.1) is 6.61 Å². The number of nitrogens with one attached hydrogen (secondary N) is 1. The highest BCUT2D eigenvalue weighted by molar-refractivity contribution is 5.94. The molecule has 1 aliphatic rings. The summed E-state index contributed by atoms with van der Waals surface area (Å²) >= 11 is 0. The second-order valence-corrected chi connectivity index (χ2v) is 4.59. The molecule has 20 heavy (non-hydrogen) atoms. The Morgan fingerprint density at radius 2 is 1.75 bits per heavy atom. The van der Waals surface area contributed by atoms with Crippen LogP contribution < -0.4 is 5.32 Å². The molecule has 0 radical (unpaired) electrons. The maximum atomic E-state index is 11.9. The predicted molar refractivity (Wildman–Crippen MR) is 67.7 cm³/mol. The van der Waals surface area contributed by atoms with Gasteiger partial charge in [0.2, 0.25) is 0 Å². The highest BCUT2D eigenvalue weighted by Crippen LogP contribution is 2.20. The topological polar surface area (TPSA) is 119 Å². The Morgan fingerprint density at radius 1 is 1.10 bits per heavy atom. The number of carbonyl (C=O) groups excluding carboxylic acids is 1. The summed E-state index contributed by atoms with van der Waals surface area (Å²) in [5.41, 5.74) is 0.365. The highest BCUT2D eigenvalue weighted by Gasteiger charge is 2.43. The molecule has 1 aromatic rings. The maximum Gasteiger partial charge on any atom is 0.253 e. The van der Waals surface area contributed by atoms with Crippen molar-refractivity contribution in [1.29, 1.82) is 0 Å². The third kappa shape index (κ3) is 2.97. The molecule has 1 heterocycles. The molecule has 0 saturated carbocycles. The molecule has 0 aromatic heterocycles. The van der Waals surface area contributed by atoms with Crippen molar-refractivity contribution in [2.45, 2.75) is 30.6 Å². The number of benzene rings is 1. The van der Waals surface area contributed by atoms with Crippen LogP contribution in [0.1, 0.15) is 10.4 Å². The Kier molecular flexibility index (Phi) is 4.69. The number of carbonyl (C=O) groups is 1. The molecule has 7 nitrogen and oxygen atoms in total. The zero-order valence-electron chi connectivity index (χ0n) is 10.6. The lowest BCUT2D eigenvalue weighted by molar-refractivity contribution is -0.233. The van der Waals surface area contributed by atoms with Crippen LogP contribution >= 0.6 is 0 Å². The van der Waals surface area contributed by atoms with Gasteiger partial charge in [-0.05, 0) is 12.1 Å². The molecule has 2 rings (SSSR count). The fraction of sp³-hybridized carbons (Fsp3) is 0.462. The van der Waals surface area contributed by atoms with E-state index in [9.17, 15) is 20.1 Å². The standard InChI is InChI=1S/C13H17NO6/c15-6-8-9(16)10(17)11(18)13(20-8)14-12(19)7-4-2-1-3-5-7/h1-5,8-11,13,15-18H,6H2,(H,14,19)/t8?,9?,10?,11?,13-/m1/s1. The molecule has 7 heteroatoms. The van der Waals surface area contributed by atoms with Gasteiger partial charge in [-0.15, -0.1) is 0 Å². The molecule has 1 fully saturated rings. The van der Waals surface area contributed by atoms with Crippen LogP contribution in [0.15, 0.2) is 30.3 Å². The van der Waals surface area contributed by atoms with Gasteiger partial charge in [0.1, 0.15) is 24.4 Å². The number of hydrogen-bond donors (Lipinski definition) is 5. The van der Waals surface area contributed by atoms with Crippen LogP contribution in [0, 0.1) is 0 Å². The summed E-state index contributed by atoms with van der Waals surface area (Å²) in [4.78, 5) is 11.9. The van der Waals surface area contributed by atoms with E-state index in [4.69, 9.17) is 9.84 Å². The SMILES string of the molecule is O=C(N[C@@H]1OC(CO)C(O)C(O)C1O)c1ccccc1. The summed E-state index contributed by atoms with van der Waals surface area (Å²) in [6.45, 7) is -0.539. The molecule has 1 aliphatic heterocycles. The third-order valence-corrected chi connectivity index (χ3v) is 3.20. The maximum absolute atomic E-state index is 11.9. The first-order valence-corrected chi connectivity index (χ1v) is 6.21. The van der Waals surface area contributed by atoms with E-state index >= 15 is 0 Å². The molecule has 1 aromatic carbocycles. The van der Waals surface area contributed by atoms with Crippen LogP contribution in [0.3, 0.4) is 0 Å². The number of amides is 1. The van der Waals surface area contributed by atoms with Crippen molar-refractivity contribution in [1.82, 2.24) is 5.32 Å². The van der Waals surface area contributed by atoms with Crippen molar-refractivity contribution < 1.29 is 30.0 Å². The second kappa shape index (κ2) is 6.29. The van der Waals surface area contributed by atoms with E-state index in [0.29, 0.717) is 5.56 Å². The predicted octanol–water partition coefficient (Wildman–Crippen LogP) is -1.78. The van der Waals surface area contributed by atoms with Crippen molar-refractivity contribution in [2.75, 3.05) is 6.61 Å². The Labute approximate surface area is 115 Å². The van der Waals surface area contributed by atoms with Crippen molar-refractivity contribution in [3.8, 4) is 0 Å². The molecule has 5 N–H and O–H groups in total. The van der Waals surface area contributed by atoms with E-state index in [1.165, 1.54) is 0 Å². The van der Waals surface area contributed by atoms with Gasteiger partial charge in [-0.25, -0.2) is 0 Å². The number of hydrogen-bond acceptors (Lipinski definition) is 6. The first-order chi connectivity index (χ1) is 9.54. The van der Waals surface area contributed by atoms with Gasteiger partial charge in [0.25, 0.3) is 5.91 Å². The zero-order chi connectivity index (χ0) is 14.7. The van der Waals surface area contributed by atoms with Crippen LogP contribution in [0.4, 0.5) is 0 Å². The van der Waals surface area contributed by atoms with E-state index in [1.807, 2.05) is 0 Å². The number of ether oxygens (including phenoxy) is 1. The normalized spacial score (nSPS) is 33.7. The molecule has 4 unspecified atom stereocenters. The van der Waals surface area contributed by atoms with E-state index in [-0.39, 0.29) is 0 Å². The Bertz CT molecular complexity index is 451. The van der Waals surface area contributed by atoms with E-state index in [0.717, 1.165) is 0 Å². The number of aliphatic hydroxyl groups excluding tert-OH is 4. The molecule has 0 bridgehead atoms. The van der Waals surface area contributed by atoms with Gasteiger partial charge in [0, 0.05) is 5.56 Å². The van der Waals surface area contributed by atoms with E-state index < -0.39 is 43.2 Å². The first-order valence-electron chi connectivity index (χ1n) is 6.21. The van der Waals surface area contributed by atoms with Gasteiger partial charge in [-0.3, -0.25) is 4.79 Å². The molecule has 110 valence electrons. The molecular formula is C13H17NO6. The summed E-state index contributed by atoms with van der Waals surface area (Å²) in [6.07, 6.45) is -6.70. The second-order valence-electron chi connectivity index (χ2n) is 4.59. The van der Waals surface area contributed by atoms with Crippen molar-refractivity contribution in [3.63, 3.8) is 0 Å². The minimum Gasteiger partial charge on any atom is -0.394 e. The highest BCUT2D eigenvalue weighted by atomic mass is 16.6. The molecule has 1 saturated heterocycles. The summed E-state index contributed by atoms with van der Waals surface area (Å²) in [5.74, 6) is -0.491. The molecule has 0 aliphatic carbocycles. The molecule has 0 spiro atoms. The number of aliphatic hydroxyl groups is 4. The molecule has 5 atom stereocenters. The van der Waals surface area contributed by atoms with Crippen molar-refractivity contribution >= 4 is 5.91 Å². The van der Waals surface area contributed by atoms with Gasteiger partial charge in [0.15, 0.2) is 6.23 Å². The lowest BCUT2D eigenvalue weighted by Crippen LogP contribution is -2.63. The first kappa shape index (κ1) is 14.9. The Morgan fingerprint density at radius 3 is 2.35 bits per heavy atom. The Hall–Kier alpha value is -1.51. The summed E-state index contributed by atoms with van der Waals surface area (Å²) < 4.78 is 5.18. The molecule has 1 amide bonds. The quantitative estimate of drug-likeness (QED) is 0.447. The fourth-order valence-corrected chi connectivity index (χ4v) is 2.02. The average molecular weight is 283 g/mol. The van der Waals surface area contributed by atoms with E-state index in [2.05, 4.69) is 5.32 Å². The largest absolute Gasteiger partial charge is 0.394 e. The van der Waals surface area contributed by atoms with Gasteiger partial charge >= 0.3 is 0 Å². The minimum atomic E-state index is -1.51. The summed E-state index contributed by atoms with van der Waals surface area (Å²) in [5, 5.41) is 40.5. The van der Waals surface area contributed by atoms with Crippen LogP contribution in [0.2, 0.25) is 0 Å². The van der Waals surface area contributed by atoms with Crippen LogP contribution in [-0.2, 0) is 4.74 Å². The fourth-order valence-electron chi connectivity index (χ4n) is 2.02.